The van der Waals surface area contributed by atoms with Crippen molar-refractivity contribution in [3.05, 3.63) is 105 Å². The van der Waals surface area contributed by atoms with Crippen LogP contribution in [0.5, 0.6) is 0 Å². The molecule has 1 heteroatoms. The maximum atomic E-state index is 2.72. The fourth-order valence-corrected chi connectivity index (χ4v) is 23.5. The third kappa shape index (κ3) is 34.2. The molecule has 0 fully saturated rings. The monoisotopic (exact) mass is 905 g/mol. The summed E-state index contributed by atoms with van der Waals surface area (Å²) in [4.78, 5) is 0. The van der Waals surface area contributed by atoms with Crippen LogP contribution in [0.3, 0.4) is 0 Å². The molecule has 0 unspecified atom stereocenters. The van der Waals surface area contributed by atoms with Gasteiger partial charge in [0.05, 0.1) is 0 Å². The van der Waals surface area contributed by atoms with Gasteiger partial charge in [0.2, 0.25) is 0 Å². The molecule has 0 N–H and O–H groups in total. The molecule has 0 aliphatic rings. The molecule has 58 heavy (non-hydrogen) atoms. The van der Waals surface area contributed by atoms with Gasteiger partial charge in [0.15, 0.2) is 0 Å². The Balaban J connectivity index is 4.46. The van der Waals surface area contributed by atoms with Gasteiger partial charge in [-0.25, -0.2) is 0 Å². The van der Waals surface area contributed by atoms with Gasteiger partial charge in [-0.2, -0.15) is 0 Å². The molecule has 0 aromatic heterocycles. The Labute approximate surface area is 370 Å². The summed E-state index contributed by atoms with van der Waals surface area (Å²) in [6.45, 7) is 30.2. The predicted molar refractivity (Wildman–Crippen MR) is 273 cm³/mol. The molecule has 0 aliphatic carbocycles. The standard InChI is InChI=1S/C45H73.3C4H9.Sn/c1-12-38(4)22-14-24-40(6)26-16-28-42(8)30-18-32-44(10)34-20-36-45(11)35-19-33-43(9)31-17-29-41(7)27-15-25-39(5)23-13-21-37(2)3;3*1-3-4-2;/h12,21,24-25,28-29,32-33,36H,1,13-20,22-23,26-27,30-31,34-35H2,2-11H3;3*1,3-4H2,2H3;/b38-12+,39-25+,40-24+,41-29+,42-28+,43-33+,44-32+,45-36+;;;;. The van der Waals surface area contributed by atoms with E-state index < -0.39 is 18.4 Å². The first-order valence-corrected chi connectivity index (χ1v) is 32.7. The van der Waals surface area contributed by atoms with Crippen molar-refractivity contribution < 1.29 is 0 Å². The van der Waals surface area contributed by atoms with Gasteiger partial charge < -0.3 is 0 Å². The van der Waals surface area contributed by atoms with E-state index in [0.717, 1.165) is 0 Å². The van der Waals surface area contributed by atoms with Gasteiger partial charge in [0.25, 0.3) is 0 Å². The summed E-state index contributed by atoms with van der Waals surface area (Å²) in [5, 5.41) is 0. The second-order valence-corrected chi connectivity index (χ2v) is 33.0. The van der Waals surface area contributed by atoms with Crippen LogP contribution in [0.25, 0.3) is 0 Å². The van der Waals surface area contributed by atoms with Gasteiger partial charge in [-0.1, -0.05) is 69.9 Å². The van der Waals surface area contributed by atoms with Crippen LogP contribution >= 0.6 is 0 Å². The Kier molecular flexibility index (Phi) is 36.2. The van der Waals surface area contributed by atoms with Crippen molar-refractivity contribution in [2.24, 2.45) is 0 Å². The molecule has 0 spiro atoms. The van der Waals surface area contributed by atoms with Crippen LogP contribution in [0.2, 0.25) is 17.7 Å². The van der Waals surface area contributed by atoms with E-state index in [0.29, 0.717) is 0 Å². The quantitative estimate of drug-likeness (QED) is 0.0439. The molecule has 0 bridgehead atoms. The van der Waals surface area contributed by atoms with Gasteiger partial charge in [-0.3, -0.25) is 0 Å². The van der Waals surface area contributed by atoms with Gasteiger partial charge in [0, 0.05) is 0 Å². The summed E-state index contributed by atoms with van der Waals surface area (Å²) >= 11 is -2.04. The molecule has 0 saturated heterocycles. The normalized spacial score (nSPS) is 14.5. The molecule has 0 rings (SSSR count). The third-order valence-electron chi connectivity index (χ3n) is 12.4. The Bertz CT molecular complexity index is 1320. The fourth-order valence-electron chi connectivity index (χ4n) is 7.96. The molecule has 0 aromatic carbocycles. The molecular weight excluding hydrogens is 803 g/mol. The van der Waals surface area contributed by atoms with Crippen LogP contribution in [0.1, 0.15) is 231 Å². The van der Waals surface area contributed by atoms with Crippen molar-refractivity contribution in [3.63, 3.8) is 0 Å². The average molecular weight is 904 g/mol. The molecule has 0 heterocycles. The first-order valence-electron chi connectivity index (χ1n) is 24.6. The summed E-state index contributed by atoms with van der Waals surface area (Å²) in [5.41, 5.74) is 13.9. The summed E-state index contributed by atoms with van der Waals surface area (Å²) in [6, 6.07) is 0. The van der Waals surface area contributed by atoms with Crippen LogP contribution in [-0.4, -0.2) is 18.4 Å². The van der Waals surface area contributed by atoms with Gasteiger partial charge >= 0.3 is 183 Å². The Morgan fingerprint density at radius 2 is 0.500 bits per heavy atom. The molecule has 0 atom stereocenters. The van der Waals surface area contributed by atoms with Crippen molar-refractivity contribution in [1.82, 2.24) is 0 Å². The number of hydrogen-bond acceptors (Lipinski definition) is 0. The number of hydrogen-bond donors (Lipinski definition) is 0. The summed E-state index contributed by atoms with van der Waals surface area (Å²) in [7, 11) is 0. The first kappa shape index (κ1) is 56.5. The number of allylic oxidation sites excluding steroid dienone is 18. The zero-order valence-corrected chi connectivity index (χ0v) is 44.4. The molecule has 332 valence electrons. The van der Waals surface area contributed by atoms with Crippen molar-refractivity contribution in [1.29, 1.82) is 0 Å². The van der Waals surface area contributed by atoms with Crippen molar-refractivity contribution in [2.45, 2.75) is 249 Å². The first-order chi connectivity index (χ1) is 27.7. The van der Waals surface area contributed by atoms with E-state index in [4.69, 9.17) is 0 Å². The van der Waals surface area contributed by atoms with Gasteiger partial charge in [-0.15, -0.1) is 0 Å². The molecule has 0 nitrogen and oxygen atoms in total. The fraction of sp³-hybridized carbons (Fsp3) is 0.684. The van der Waals surface area contributed by atoms with E-state index in [-0.39, 0.29) is 0 Å². The topological polar surface area (TPSA) is 0 Å². The Morgan fingerprint density at radius 3 is 0.707 bits per heavy atom. The van der Waals surface area contributed by atoms with Crippen molar-refractivity contribution >= 4 is 18.4 Å². The predicted octanol–water partition coefficient (Wildman–Crippen LogP) is 20.6. The summed E-state index contributed by atoms with van der Waals surface area (Å²) in [5.74, 6) is 0. The molecular formula is C57H100Sn. The maximum absolute atomic E-state index is 2.72. The van der Waals surface area contributed by atoms with Gasteiger partial charge in [-0.05, 0) is 119 Å². The van der Waals surface area contributed by atoms with Crippen molar-refractivity contribution in [3.8, 4) is 0 Å². The SMILES string of the molecule is CCC[CH2][Sn]([CH2]/C=C(\C)CC/C=C(\C)CC/C=C(\C)CC/C=C(\C)CC/C=C(\C)CC/C=C(\C)CC/C=C(\C)CC/C=C(\C)CCC=C(C)C)([CH2]CCC)[CH2]CCC. The van der Waals surface area contributed by atoms with Crippen LogP contribution in [0, 0.1) is 0 Å². The Hall–Kier alpha value is -1.54. The molecule has 0 aliphatic heterocycles. The minimum absolute atomic E-state index is 1.17. The summed E-state index contributed by atoms with van der Waals surface area (Å²) in [6.07, 6.45) is 50.0. The zero-order chi connectivity index (χ0) is 43.4. The average Bonchev–Trinajstić information content (AvgIpc) is 3.17. The Morgan fingerprint density at radius 1 is 0.293 bits per heavy atom. The second kappa shape index (κ2) is 37.2. The van der Waals surface area contributed by atoms with E-state index >= 15 is 0 Å². The van der Waals surface area contributed by atoms with Gasteiger partial charge in [0.1, 0.15) is 0 Å². The van der Waals surface area contributed by atoms with E-state index in [1.165, 1.54) is 168 Å². The van der Waals surface area contributed by atoms with E-state index in [9.17, 15) is 0 Å². The van der Waals surface area contributed by atoms with Crippen LogP contribution < -0.4 is 0 Å². The minimum atomic E-state index is -2.04. The molecule has 0 radical (unpaired) electrons. The molecule has 0 saturated carbocycles. The van der Waals surface area contributed by atoms with E-state index in [2.05, 4.69) is 145 Å². The second-order valence-electron chi connectivity index (χ2n) is 19.0. The van der Waals surface area contributed by atoms with Crippen LogP contribution in [-0.2, 0) is 0 Å². The van der Waals surface area contributed by atoms with E-state index in [1.54, 1.807) is 41.2 Å². The number of unbranched alkanes of at least 4 members (excludes halogenated alkanes) is 3. The molecule has 0 aromatic rings. The van der Waals surface area contributed by atoms with E-state index in [1.807, 2.05) is 0 Å². The van der Waals surface area contributed by atoms with Crippen LogP contribution in [0.15, 0.2) is 105 Å². The number of rotatable bonds is 35. The van der Waals surface area contributed by atoms with Crippen LogP contribution in [0.4, 0.5) is 0 Å². The summed E-state index contributed by atoms with van der Waals surface area (Å²) < 4.78 is 6.39. The zero-order valence-electron chi connectivity index (χ0n) is 41.6. The third-order valence-corrected chi connectivity index (χ3v) is 27.5. The van der Waals surface area contributed by atoms with Crippen molar-refractivity contribution in [2.75, 3.05) is 0 Å². The molecule has 0 amide bonds.